The summed E-state index contributed by atoms with van der Waals surface area (Å²) in [6.45, 7) is 7.61. The van der Waals surface area contributed by atoms with Gasteiger partial charge in [0.2, 0.25) is 11.9 Å². The molecule has 20 nitrogen and oxygen atoms in total. The molecule has 0 saturated carbocycles. The average molecular weight is 815 g/mol. The van der Waals surface area contributed by atoms with Crippen LogP contribution < -0.4 is 16.6 Å². The van der Waals surface area contributed by atoms with Crippen LogP contribution >= 0.6 is 19.0 Å². The number of halogens is 1. The molecule has 24 heteroatoms. The third-order valence-corrected chi connectivity index (χ3v) is 15.9. The Labute approximate surface area is 314 Å². The van der Waals surface area contributed by atoms with Crippen LogP contribution in [0.25, 0.3) is 22.3 Å². The molecule has 54 heavy (non-hydrogen) atoms. The van der Waals surface area contributed by atoms with E-state index in [1.807, 2.05) is 33.9 Å². The van der Waals surface area contributed by atoms with Gasteiger partial charge >= 0.3 is 6.80 Å². The van der Waals surface area contributed by atoms with Crippen LogP contribution in [0.5, 0.6) is 0 Å². The Morgan fingerprint density at radius 2 is 1.76 bits per heavy atom. The number of nitrogens with two attached hydrogens (primary N) is 1. The molecule has 0 aromatic carbocycles. The van der Waals surface area contributed by atoms with Crippen LogP contribution in [0.1, 0.15) is 47.1 Å². The summed E-state index contributed by atoms with van der Waals surface area (Å²) in [5.41, 5.74) is 5.43. The SMILES string of the molecule is CC(C)C(=O)Nc1nc2c(ncn2[C@@H]2O[C@H](CO)C(O[Si](C)(C)C(C)(C)C)[C@@H]2OP(=O)(S)OC[C@H]2O[C@@H](n3cnc4c(N)ncnc43)[C@@H](F)C2O)c(=O)[nH]1. The van der Waals surface area contributed by atoms with Crippen LogP contribution in [-0.4, -0.2) is 113 Å². The van der Waals surface area contributed by atoms with Gasteiger partial charge in [0.1, 0.15) is 42.4 Å². The minimum atomic E-state index is -4.48. The van der Waals surface area contributed by atoms with Gasteiger partial charge in [0.25, 0.3) is 5.56 Å². The standard InChI is InChI=1S/C30H44FN10O10PSSi/c1-13(2)25(44)38-29-37-24-18(26(45)39-29)36-12-41(24)28-21(20(14(8-42)48-28)51-54(6,7)30(3,4)5)50-52(46,53)47-9-15-19(43)16(31)27(49-15)40-11-35-17-22(32)33-10-34-23(17)40/h10-16,19-21,27-28,42-43H,8-9H2,1-7H3,(H,46,53)(H2,32,33,34)(H2,37,38,39,44,45)/t14-,15-,16+,19?,20?,21+,27-,28-,52?/m1/s1. The predicted octanol–water partition coefficient (Wildman–Crippen LogP) is 2.45. The lowest BCUT2D eigenvalue weighted by molar-refractivity contribution is -0.118. The number of ether oxygens (including phenoxy) is 2. The molecule has 2 aliphatic rings. The number of hydrogen-bond donors (Lipinski definition) is 6. The monoisotopic (exact) mass is 814 g/mol. The Hall–Kier alpha value is -3.38. The number of nitrogen functional groups attached to an aromatic ring is 1. The molecule has 296 valence electrons. The van der Waals surface area contributed by atoms with Gasteiger partial charge in [0.15, 0.2) is 49.6 Å². The Bertz CT molecular complexity index is 2130. The van der Waals surface area contributed by atoms with Crippen LogP contribution in [0.4, 0.5) is 16.2 Å². The second-order valence-corrected chi connectivity index (χ2v) is 22.5. The summed E-state index contributed by atoms with van der Waals surface area (Å²) in [4.78, 5) is 48.6. The summed E-state index contributed by atoms with van der Waals surface area (Å²) in [7, 11) is -2.66. The van der Waals surface area contributed by atoms with Crippen LogP contribution in [-0.2, 0) is 32.3 Å². The molecule has 6 N–H and O–H groups in total. The van der Waals surface area contributed by atoms with Crippen molar-refractivity contribution in [2.75, 3.05) is 24.3 Å². The highest BCUT2D eigenvalue weighted by molar-refractivity contribution is 8.44. The number of thiol groups is 1. The summed E-state index contributed by atoms with van der Waals surface area (Å²) in [6.07, 6.45) is -7.52. The highest BCUT2D eigenvalue weighted by atomic mass is 32.7. The van der Waals surface area contributed by atoms with Crippen molar-refractivity contribution in [1.82, 2.24) is 39.0 Å². The zero-order valence-electron chi connectivity index (χ0n) is 30.5. The highest BCUT2D eigenvalue weighted by Gasteiger charge is 2.54. The van der Waals surface area contributed by atoms with Crippen LogP contribution in [0, 0.1) is 5.92 Å². The van der Waals surface area contributed by atoms with E-state index in [-0.39, 0.29) is 39.1 Å². The van der Waals surface area contributed by atoms with Gasteiger partial charge in [-0.3, -0.25) is 38.1 Å². The third kappa shape index (κ3) is 7.70. The van der Waals surface area contributed by atoms with Crippen molar-refractivity contribution in [3.05, 3.63) is 29.3 Å². The first kappa shape index (κ1) is 40.3. The van der Waals surface area contributed by atoms with Gasteiger partial charge < -0.3 is 29.8 Å². The van der Waals surface area contributed by atoms with E-state index in [0.717, 1.165) is 0 Å². The number of aromatic nitrogens is 8. The van der Waals surface area contributed by atoms with E-state index in [1.165, 1.54) is 28.1 Å². The van der Waals surface area contributed by atoms with E-state index in [1.54, 1.807) is 13.8 Å². The predicted molar refractivity (Wildman–Crippen MR) is 197 cm³/mol. The van der Waals surface area contributed by atoms with Gasteiger partial charge in [-0.25, -0.2) is 28.9 Å². The second kappa shape index (κ2) is 14.9. The van der Waals surface area contributed by atoms with Crippen molar-refractivity contribution >= 4 is 67.4 Å². The van der Waals surface area contributed by atoms with Crippen LogP contribution in [0.3, 0.4) is 0 Å². The number of aliphatic hydroxyl groups is 2. The Morgan fingerprint density at radius 3 is 2.41 bits per heavy atom. The van der Waals surface area contributed by atoms with E-state index < -0.39 is 94.9 Å². The number of anilines is 2. The lowest BCUT2D eigenvalue weighted by Gasteiger charge is -2.40. The molecule has 6 rings (SSSR count). The smallest absolute Gasteiger partial charge is 0.386 e. The summed E-state index contributed by atoms with van der Waals surface area (Å²) in [5, 5.41) is 23.5. The van der Waals surface area contributed by atoms with Crippen molar-refractivity contribution in [1.29, 1.82) is 0 Å². The summed E-state index contributed by atoms with van der Waals surface area (Å²) in [6, 6.07) is 0. The summed E-state index contributed by atoms with van der Waals surface area (Å²) >= 11 is 4.23. The normalized spacial score (nSPS) is 27.6. The number of alkyl halides is 1. The first-order valence-corrected chi connectivity index (χ1v) is 22.6. The third-order valence-electron chi connectivity index (χ3n) is 9.79. The number of aromatic amines is 1. The van der Waals surface area contributed by atoms with E-state index in [4.69, 9.17) is 28.7 Å². The molecular formula is C30H44FN10O10PSSi. The fraction of sp³-hybridized carbons (Fsp3) is 0.633. The van der Waals surface area contributed by atoms with Gasteiger partial charge in [-0.1, -0.05) is 46.9 Å². The molecular weight excluding hydrogens is 771 g/mol. The van der Waals surface area contributed by atoms with E-state index >= 15 is 4.39 Å². The zero-order chi connectivity index (χ0) is 39.5. The minimum Gasteiger partial charge on any atom is -0.408 e. The van der Waals surface area contributed by atoms with Crippen LogP contribution in [0.2, 0.25) is 18.1 Å². The molecule has 2 aliphatic heterocycles. The maximum absolute atomic E-state index is 15.5. The minimum absolute atomic E-state index is 0.0300. The molecule has 6 heterocycles. The number of H-pyrrole nitrogens is 1. The number of nitrogens with zero attached hydrogens (tertiary/aromatic N) is 7. The molecule has 0 aliphatic carbocycles. The molecule has 1 amide bonds. The Balaban J connectivity index is 1.29. The molecule has 0 radical (unpaired) electrons. The molecule has 4 aromatic heterocycles. The van der Waals surface area contributed by atoms with Crippen molar-refractivity contribution in [3.63, 3.8) is 0 Å². The number of aliphatic hydroxyl groups excluding tert-OH is 2. The summed E-state index contributed by atoms with van der Waals surface area (Å²) < 4.78 is 62.5. The molecule has 0 bridgehead atoms. The number of amides is 1. The topological polar surface area (TPSA) is 266 Å². The molecule has 4 aromatic rings. The number of carbonyl (C=O) groups excluding carboxylic acids is 1. The Morgan fingerprint density at radius 1 is 1.11 bits per heavy atom. The number of rotatable bonds is 12. The van der Waals surface area contributed by atoms with Gasteiger partial charge in [-0.15, -0.1) is 0 Å². The quantitative estimate of drug-likeness (QED) is 0.0681. The van der Waals surface area contributed by atoms with Crippen molar-refractivity contribution in [2.45, 2.75) is 102 Å². The van der Waals surface area contributed by atoms with Crippen molar-refractivity contribution < 1.29 is 46.9 Å². The Kier molecular flexibility index (Phi) is 11.1. The number of hydrogen-bond acceptors (Lipinski definition) is 16. The van der Waals surface area contributed by atoms with E-state index in [2.05, 4.69) is 47.5 Å². The van der Waals surface area contributed by atoms with Gasteiger partial charge in [-0.2, -0.15) is 4.98 Å². The largest absolute Gasteiger partial charge is 0.408 e. The lowest BCUT2D eigenvalue weighted by atomic mass is 10.1. The fourth-order valence-corrected chi connectivity index (χ4v) is 8.53. The van der Waals surface area contributed by atoms with Crippen molar-refractivity contribution in [3.8, 4) is 0 Å². The number of carbonyl (C=O) groups is 1. The second-order valence-electron chi connectivity index (χ2n) is 14.9. The van der Waals surface area contributed by atoms with E-state index in [0.29, 0.717) is 0 Å². The zero-order valence-corrected chi connectivity index (χ0v) is 33.3. The molecule has 9 atom stereocenters. The molecule has 2 saturated heterocycles. The van der Waals surface area contributed by atoms with Gasteiger partial charge in [0.05, 0.1) is 25.9 Å². The fourth-order valence-electron chi connectivity index (χ4n) is 5.76. The first-order valence-electron chi connectivity index (χ1n) is 17.0. The molecule has 0 spiro atoms. The van der Waals surface area contributed by atoms with Crippen molar-refractivity contribution in [2.24, 2.45) is 5.92 Å². The van der Waals surface area contributed by atoms with E-state index in [9.17, 15) is 24.4 Å². The summed E-state index contributed by atoms with van der Waals surface area (Å²) in [5.74, 6) is -0.915. The molecule has 3 unspecified atom stereocenters. The molecule has 2 fully saturated rings. The van der Waals surface area contributed by atoms with Gasteiger partial charge in [0, 0.05) is 5.92 Å². The number of nitrogens with one attached hydrogen (secondary N) is 2. The highest BCUT2D eigenvalue weighted by Crippen LogP contribution is 2.58. The number of fused-ring (bicyclic) bond motifs is 2. The average Bonchev–Trinajstić information content (AvgIpc) is 3.85. The maximum Gasteiger partial charge on any atom is 0.386 e. The first-order chi connectivity index (χ1) is 25.2. The van der Waals surface area contributed by atoms with Gasteiger partial charge in [-0.05, 0) is 18.1 Å². The maximum atomic E-state index is 15.5. The lowest BCUT2D eigenvalue weighted by Crippen LogP contribution is -2.50. The number of imidazole rings is 2. The van der Waals surface area contributed by atoms with Crippen LogP contribution in [0.15, 0.2) is 23.8 Å².